The van der Waals surface area contributed by atoms with Crippen LogP contribution >= 0.6 is 11.6 Å². The minimum atomic E-state index is -0.700. The zero-order valence-electron chi connectivity index (χ0n) is 5.99. The molecule has 0 aliphatic heterocycles. The lowest BCUT2D eigenvalue weighted by atomic mass is 10.3. The third-order valence-electron chi connectivity index (χ3n) is 1.17. The standard InChI is InChI=1S/C6H6ClN3O2/c7-6-9-3(2-11)1-4(10-6)5(8)12/h1,11H,2H2,(H2,8,12). The maximum atomic E-state index is 10.6. The molecule has 1 rings (SSSR count). The number of rotatable bonds is 2. The van der Waals surface area contributed by atoms with Crippen molar-refractivity contribution in [2.24, 2.45) is 5.73 Å². The summed E-state index contributed by atoms with van der Waals surface area (Å²) in [4.78, 5) is 17.8. The summed E-state index contributed by atoms with van der Waals surface area (Å²) >= 11 is 5.43. The molecule has 64 valence electrons. The van der Waals surface area contributed by atoms with Crippen molar-refractivity contribution in [2.45, 2.75) is 6.61 Å². The molecule has 6 heteroatoms. The zero-order chi connectivity index (χ0) is 9.14. The molecule has 0 fully saturated rings. The fourth-order valence-corrected chi connectivity index (χ4v) is 0.872. The van der Waals surface area contributed by atoms with Gasteiger partial charge in [-0.25, -0.2) is 9.97 Å². The highest BCUT2D eigenvalue weighted by molar-refractivity contribution is 6.28. The van der Waals surface area contributed by atoms with E-state index in [4.69, 9.17) is 22.4 Å². The van der Waals surface area contributed by atoms with Gasteiger partial charge in [-0.15, -0.1) is 0 Å². The Morgan fingerprint density at radius 2 is 2.33 bits per heavy atom. The molecule has 0 radical (unpaired) electrons. The number of aliphatic hydroxyl groups excluding tert-OH is 1. The maximum Gasteiger partial charge on any atom is 0.267 e. The van der Waals surface area contributed by atoms with Crippen LogP contribution < -0.4 is 5.73 Å². The predicted molar refractivity (Wildman–Crippen MR) is 41.5 cm³/mol. The number of aliphatic hydroxyl groups is 1. The molecule has 0 saturated carbocycles. The minimum absolute atomic E-state index is 0.000880. The van der Waals surface area contributed by atoms with Crippen LogP contribution in [0.3, 0.4) is 0 Å². The van der Waals surface area contributed by atoms with Gasteiger partial charge in [0.1, 0.15) is 5.69 Å². The smallest absolute Gasteiger partial charge is 0.267 e. The van der Waals surface area contributed by atoms with Crippen LogP contribution in [0, 0.1) is 0 Å². The van der Waals surface area contributed by atoms with Gasteiger partial charge in [0.15, 0.2) is 0 Å². The number of carbonyl (C=O) groups excluding carboxylic acids is 1. The molecule has 0 aromatic carbocycles. The first kappa shape index (κ1) is 8.89. The van der Waals surface area contributed by atoms with Crippen molar-refractivity contribution in [2.75, 3.05) is 0 Å². The van der Waals surface area contributed by atoms with E-state index < -0.39 is 5.91 Å². The Bertz CT molecular complexity index is 316. The van der Waals surface area contributed by atoms with E-state index in [0.29, 0.717) is 0 Å². The summed E-state index contributed by atoms with van der Waals surface area (Å²) in [6.07, 6.45) is 0. The minimum Gasteiger partial charge on any atom is -0.390 e. The van der Waals surface area contributed by atoms with Gasteiger partial charge in [-0.05, 0) is 17.7 Å². The van der Waals surface area contributed by atoms with Gasteiger partial charge in [-0.1, -0.05) is 0 Å². The van der Waals surface area contributed by atoms with Crippen LogP contribution in [0.2, 0.25) is 5.28 Å². The fraction of sp³-hybridized carbons (Fsp3) is 0.167. The average Bonchev–Trinajstić information content (AvgIpc) is 2.03. The number of hydrogen-bond acceptors (Lipinski definition) is 4. The summed E-state index contributed by atoms with van der Waals surface area (Å²) in [6, 6.07) is 1.29. The molecule has 0 bridgehead atoms. The van der Waals surface area contributed by atoms with Crippen LogP contribution in [0.1, 0.15) is 16.2 Å². The molecule has 0 saturated heterocycles. The van der Waals surface area contributed by atoms with Crippen LogP contribution in [0.25, 0.3) is 0 Å². The van der Waals surface area contributed by atoms with Gasteiger partial charge < -0.3 is 10.8 Å². The number of amides is 1. The van der Waals surface area contributed by atoms with Gasteiger partial charge in [0, 0.05) is 0 Å². The summed E-state index contributed by atoms with van der Waals surface area (Å²) in [5.41, 5.74) is 5.20. The lowest BCUT2D eigenvalue weighted by Crippen LogP contribution is -2.14. The number of aromatic nitrogens is 2. The quantitative estimate of drug-likeness (QED) is 0.624. The number of carbonyl (C=O) groups is 1. The van der Waals surface area contributed by atoms with Crippen molar-refractivity contribution < 1.29 is 9.90 Å². The molecule has 0 atom stereocenters. The van der Waals surface area contributed by atoms with Gasteiger partial charge in [-0.2, -0.15) is 0 Å². The Hall–Kier alpha value is -1.20. The highest BCUT2D eigenvalue weighted by Crippen LogP contribution is 2.05. The van der Waals surface area contributed by atoms with Crippen molar-refractivity contribution in [3.8, 4) is 0 Å². The molecule has 1 heterocycles. The summed E-state index contributed by atoms with van der Waals surface area (Å²) in [5, 5.41) is 8.57. The zero-order valence-corrected chi connectivity index (χ0v) is 6.75. The second kappa shape index (κ2) is 3.46. The maximum absolute atomic E-state index is 10.6. The molecule has 0 aliphatic carbocycles. The molecule has 1 aromatic rings. The molecule has 5 nitrogen and oxygen atoms in total. The molecule has 0 spiro atoms. The Labute approximate surface area is 73.2 Å². The second-order valence-electron chi connectivity index (χ2n) is 2.04. The highest BCUT2D eigenvalue weighted by Gasteiger charge is 2.06. The molecular formula is C6H6ClN3O2. The van der Waals surface area contributed by atoms with E-state index in [1.165, 1.54) is 6.07 Å². The number of primary amides is 1. The van der Waals surface area contributed by atoms with Gasteiger partial charge in [0.25, 0.3) is 5.91 Å². The van der Waals surface area contributed by atoms with Crippen LogP contribution in [0.15, 0.2) is 6.07 Å². The van der Waals surface area contributed by atoms with Crippen LogP contribution in [0.5, 0.6) is 0 Å². The van der Waals surface area contributed by atoms with Gasteiger partial charge >= 0.3 is 0 Å². The number of hydrogen-bond donors (Lipinski definition) is 2. The number of nitrogens with two attached hydrogens (primary N) is 1. The summed E-state index contributed by atoms with van der Waals surface area (Å²) in [7, 11) is 0. The number of nitrogens with zero attached hydrogens (tertiary/aromatic N) is 2. The first-order valence-electron chi connectivity index (χ1n) is 3.07. The lowest BCUT2D eigenvalue weighted by molar-refractivity contribution is 0.0995. The van der Waals surface area contributed by atoms with Crippen molar-refractivity contribution in [1.82, 2.24) is 9.97 Å². The van der Waals surface area contributed by atoms with Crippen molar-refractivity contribution >= 4 is 17.5 Å². The Balaban J connectivity index is 3.15. The summed E-state index contributed by atoms with van der Waals surface area (Å²) in [6.45, 7) is -0.303. The number of halogens is 1. The van der Waals surface area contributed by atoms with Gasteiger partial charge in [0.05, 0.1) is 12.3 Å². The van der Waals surface area contributed by atoms with E-state index in [-0.39, 0.29) is 23.3 Å². The highest BCUT2D eigenvalue weighted by atomic mass is 35.5. The predicted octanol–water partition coefficient (Wildman–Crippen LogP) is -0.279. The average molecular weight is 188 g/mol. The topological polar surface area (TPSA) is 89.1 Å². The Kier molecular flexibility index (Phi) is 2.57. The van der Waals surface area contributed by atoms with Gasteiger partial charge in [-0.3, -0.25) is 4.79 Å². The van der Waals surface area contributed by atoms with E-state index in [0.717, 1.165) is 0 Å². The fourth-order valence-electron chi connectivity index (χ4n) is 0.672. The van der Waals surface area contributed by atoms with Crippen molar-refractivity contribution in [3.63, 3.8) is 0 Å². The Morgan fingerprint density at radius 1 is 1.67 bits per heavy atom. The van der Waals surface area contributed by atoms with Crippen molar-refractivity contribution in [3.05, 3.63) is 22.7 Å². The van der Waals surface area contributed by atoms with E-state index in [1.807, 2.05) is 0 Å². The molecule has 0 unspecified atom stereocenters. The molecule has 1 amide bonds. The summed E-state index contributed by atoms with van der Waals surface area (Å²) in [5.74, 6) is -0.700. The van der Waals surface area contributed by atoms with E-state index in [1.54, 1.807) is 0 Å². The normalized spacial score (nSPS) is 9.83. The van der Waals surface area contributed by atoms with Crippen LogP contribution in [0.4, 0.5) is 0 Å². The molecular weight excluding hydrogens is 182 g/mol. The lowest BCUT2D eigenvalue weighted by Gasteiger charge is -1.98. The molecule has 3 N–H and O–H groups in total. The van der Waals surface area contributed by atoms with Crippen LogP contribution in [-0.2, 0) is 6.61 Å². The van der Waals surface area contributed by atoms with E-state index in [9.17, 15) is 4.79 Å². The third-order valence-corrected chi connectivity index (χ3v) is 1.34. The van der Waals surface area contributed by atoms with E-state index in [2.05, 4.69) is 9.97 Å². The molecule has 1 aromatic heterocycles. The second-order valence-corrected chi connectivity index (χ2v) is 2.37. The van der Waals surface area contributed by atoms with Gasteiger partial charge in [0.2, 0.25) is 5.28 Å². The first-order valence-corrected chi connectivity index (χ1v) is 3.45. The Morgan fingerprint density at radius 3 is 2.83 bits per heavy atom. The SMILES string of the molecule is NC(=O)c1cc(CO)nc(Cl)n1. The first-order chi connectivity index (χ1) is 5.63. The monoisotopic (exact) mass is 187 g/mol. The molecule has 0 aliphatic rings. The van der Waals surface area contributed by atoms with E-state index >= 15 is 0 Å². The van der Waals surface area contributed by atoms with Crippen LogP contribution in [-0.4, -0.2) is 21.0 Å². The largest absolute Gasteiger partial charge is 0.390 e. The third kappa shape index (κ3) is 1.90. The summed E-state index contributed by atoms with van der Waals surface area (Å²) < 4.78 is 0. The van der Waals surface area contributed by atoms with Crippen molar-refractivity contribution in [1.29, 1.82) is 0 Å². The molecule has 12 heavy (non-hydrogen) atoms.